The first-order chi connectivity index (χ1) is 8.63. The maximum absolute atomic E-state index is 7.91. The van der Waals surface area contributed by atoms with Crippen molar-refractivity contribution in [3.8, 4) is 0 Å². The van der Waals surface area contributed by atoms with Crippen molar-refractivity contribution in [2.24, 2.45) is 0 Å². The van der Waals surface area contributed by atoms with Gasteiger partial charge < -0.3 is 9.14 Å². The number of hydrogen-bond donors (Lipinski definition) is 0. The zero-order chi connectivity index (χ0) is 12.8. The molecule has 0 unspecified atom stereocenters. The number of para-hydroxylation sites is 1. The van der Waals surface area contributed by atoms with Crippen LogP contribution in [-0.2, 0) is 11.3 Å². The molecule has 2 nitrogen and oxygen atoms in total. The molecule has 3 aromatic rings. The van der Waals surface area contributed by atoms with E-state index in [0.717, 1.165) is 16.4 Å². The van der Waals surface area contributed by atoms with Crippen LogP contribution in [0.5, 0.6) is 0 Å². The lowest BCUT2D eigenvalue weighted by Gasteiger charge is -2.06. The maximum Gasteiger partial charge on any atom is 0.0867 e. The van der Waals surface area contributed by atoms with Gasteiger partial charge in [0.15, 0.2) is 0 Å². The highest BCUT2D eigenvalue weighted by molar-refractivity contribution is 5.83. The molecule has 0 aliphatic carbocycles. The van der Waals surface area contributed by atoms with Gasteiger partial charge in [-0.25, -0.2) is 0 Å². The van der Waals surface area contributed by atoms with Gasteiger partial charge in [0.05, 0.1) is 14.8 Å². The minimum absolute atomic E-state index is 0.511. The van der Waals surface area contributed by atoms with Crippen molar-refractivity contribution < 1.29 is 7.48 Å². The molecule has 0 amide bonds. The average Bonchev–Trinajstić information content (AvgIpc) is 2.83. The first-order valence-electron chi connectivity index (χ1n) is 6.18. The second-order valence-corrected chi connectivity index (χ2v) is 3.68. The lowest BCUT2D eigenvalue weighted by atomic mass is 10.2. The van der Waals surface area contributed by atoms with Crippen molar-refractivity contribution in [2.45, 2.75) is 6.56 Å². The summed E-state index contributed by atoms with van der Waals surface area (Å²) in [5, 5.41) is 1.08. The van der Waals surface area contributed by atoms with Crippen molar-refractivity contribution in [1.82, 2.24) is 4.40 Å². The smallest absolute Gasteiger partial charge is 0.0867 e. The van der Waals surface area contributed by atoms with Crippen LogP contribution in [0.4, 0.5) is 0 Å². The Bertz CT molecular complexity index is 718. The number of aromatic nitrogens is 1. The van der Waals surface area contributed by atoms with Crippen LogP contribution in [-0.4, -0.2) is 11.5 Å². The van der Waals surface area contributed by atoms with E-state index in [2.05, 4.69) is 0 Å². The summed E-state index contributed by atoms with van der Waals surface area (Å²) in [4.78, 5) is 0. The molecule has 0 atom stereocenters. The molecule has 2 heteroatoms. The van der Waals surface area contributed by atoms with Crippen LogP contribution < -0.4 is 0 Å². The maximum atomic E-state index is 7.91. The van der Waals surface area contributed by atoms with Gasteiger partial charge in [-0.1, -0.05) is 24.3 Å². The average molecular weight is 213 g/mol. The number of rotatable bonds is 2. The molecule has 0 radical (unpaired) electrons. The second-order valence-electron chi connectivity index (χ2n) is 3.68. The molecule has 0 fully saturated rings. The molecule has 0 N–H and O–H groups in total. The molecule has 2 heterocycles. The summed E-state index contributed by atoms with van der Waals surface area (Å²) >= 11 is 0. The quantitative estimate of drug-likeness (QED) is 0.637. The van der Waals surface area contributed by atoms with E-state index >= 15 is 0 Å². The van der Waals surface area contributed by atoms with E-state index in [-0.39, 0.29) is 0 Å². The second kappa shape index (κ2) is 3.65. The molecule has 3 rings (SSSR count). The normalized spacial score (nSPS) is 14.1. The predicted molar refractivity (Wildman–Crippen MR) is 65.6 cm³/mol. The summed E-state index contributed by atoms with van der Waals surface area (Å²) in [6, 6.07) is 15.6. The summed E-state index contributed by atoms with van der Waals surface area (Å²) in [6.45, 7) is -1.80. The summed E-state index contributed by atoms with van der Waals surface area (Å²) in [7, 11) is 1.38. The fourth-order valence-corrected chi connectivity index (χ4v) is 2.04. The zero-order valence-corrected chi connectivity index (χ0v) is 8.97. The number of nitrogens with zero attached hydrogens (tertiary/aromatic N) is 1. The largest absolute Gasteiger partial charge is 0.378 e. The first kappa shape index (κ1) is 7.47. The SMILES string of the molecule is [2H]C([2H])(OC)c1ccc2ccc3ccccc3n12. The van der Waals surface area contributed by atoms with Gasteiger partial charge in [-0.3, -0.25) is 0 Å². The predicted octanol–water partition coefficient (Wildman–Crippen LogP) is 3.24. The Balaban J connectivity index is 2.44. The monoisotopic (exact) mass is 213 g/mol. The molecule has 1 aromatic carbocycles. The van der Waals surface area contributed by atoms with E-state index in [1.165, 1.54) is 7.11 Å². The topological polar surface area (TPSA) is 13.6 Å². The molecule has 0 saturated heterocycles. The number of hydrogen-bond acceptors (Lipinski definition) is 1. The van der Waals surface area contributed by atoms with Crippen LogP contribution >= 0.6 is 0 Å². The summed E-state index contributed by atoms with van der Waals surface area (Å²) in [5.74, 6) is 0. The lowest BCUT2D eigenvalue weighted by molar-refractivity contribution is 0.181. The Morgan fingerprint density at radius 3 is 2.81 bits per heavy atom. The van der Waals surface area contributed by atoms with E-state index in [4.69, 9.17) is 7.48 Å². The van der Waals surface area contributed by atoms with E-state index in [9.17, 15) is 0 Å². The van der Waals surface area contributed by atoms with Crippen molar-refractivity contribution in [1.29, 1.82) is 0 Å². The van der Waals surface area contributed by atoms with E-state index in [1.54, 1.807) is 6.07 Å². The molecule has 0 aliphatic heterocycles. The van der Waals surface area contributed by atoms with Crippen molar-refractivity contribution >= 4 is 16.4 Å². The first-order valence-corrected chi connectivity index (χ1v) is 5.18. The summed E-state index contributed by atoms with van der Waals surface area (Å²) in [5.41, 5.74) is 2.46. The summed E-state index contributed by atoms with van der Waals surface area (Å²) < 4.78 is 22.7. The van der Waals surface area contributed by atoms with E-state index in [1.807, 2.05) is 46.9 Å². The third-order valence-corrected chi connectivity index (χ3v) is 2.73. The lowest BCUT2D eigenvalue weighted by Crippen LogP contribution is -1.95. The van der Waals surface area contributed by atoms with Gasteiger partial charge in [0.1, 0.15) is 0 Å². The Kier molecular flexibility index (Phi) is 1.70. The van der Waals surface area contributed by atoms with Crippen LogP contribution in [0.1, 0.15) is 8.44 Å². The van der Waals surface area contributed by atoms with E-state index in [0.29, 0.717) is 5.69 Å². The van der Waals surface area contributed by atoms with Gasteiger partial charge in [-0.2, -0.15) is 0 Å². The van der Waals surface area contributed by atoms with Gasteiger partial charge in [0.2, 0.25) is 0 Å². The number of methoxy groups -OCH3 is 1. The molecular weight excluding hydrogens is 198 g/mol. The minimum atomic E-state index is -1.80. The van der Waals surface area contributed by atoms with Gasteiger partial charge in [0, 0.05) is 18.3 Å². The van der Waals surface area contributed by atoms with Crippen LogP contribution in [0.25, 0.3) is 16.4 Å². The Labute approximate surface area is 96.9 Å². The fraction of sp³-hybridized carbons (Fsp3) is 0.143. The number of ether oxygens (including phenoxy) is 1. The molecule has 16 heavy (non-hydrogen) atoms. The molecule has 0 saturated carbocycles. The molecule has 2 aromatic heterocycles. The third-order valence-electron chi connectivity index (χ3n) is 2.73. The van der Waals surface area contributed by atoms with Crippen molar-refractivity contribution in [3.63, 3.8) is 0 Å². The van der Waals surface area contributed by atoms with Crippen LogP contribution in [0, 0.1) is 0 Å². The number of fused-ring (bicyclic) bond motifs is 3. The Morgan fingerprint density at radius 1 is 1.12 bits per heavy atom. The van der Waals surface area contributed by atoms with Gasteiger partial charge >= 0.3 is 0 Å². The highest BCUT2D eigenvalue weighted by atomic mass is 16.5. The Hall–Kier alpha value is -1.80. The fourth-order valence-electron chi connectivity index (χ4n) is 2.04. The van der Waals surface area contributed by atoms with Crippen LogP contribution in [0.15, 0.2) is 48.5 Å². The molecule has 0 aliphatic rings. The van der Waals surface area contributed by atoms with Gasteiger partial charge in [-0.15, -0.1) is 0 Å². The van der Waals surface area contributed by atoms with Crippen molar-refractivity contribution in [2.75, 3.05) is 7.11 Å². The standard InChI is InChI=1S/C14H13NO/c1-16-10-13-9-8-12-7-6-11-4-2-3-5-14(11)15(12)13/h2-9H,10H2,1H3/i10D2. The van der Waals surface area contributed by atoms with Crippen molar-refractivity contribution in [3.05, 3.63) is 54.2 Å². The number of benzene rings is 1. The van der Waals surface area contributed by atoms with E-state index < -0.39 is 6.56 Å². The summed E-state index contributed by atoms with van der Waals surface area (Å²) in [6.07, 6.45) is 0. The highest BCUT2D eigenvalue weighted by Gasteiger charge is 2.04. The zero-order valence-electron chi connectivity index (χ0n) is 11.0. The van der Waals surface area contributed by atoms with Gasteiger partial charge in [-0.05, 0) is 29.7 Å². The molecule has 0 spiro atoms. The Morgan fingerprint density at radius 2 is 1.94 bits per heavy atom. The van der Waals surface area contributed by atoms with Crippen LogP contribution in [0.2, 0.25) is 0 Å². The molecule has 80 valence electrons. The minimum Gasteiger partial charge on any atom is -0.378 e. The third kappa shape index (κ3) is 1.31. The molecule has 0 bridgehead atoms. The van der Waals surface area contributed by atoms with Gasteiger partial charge in [0.25, 0.3) is 0 Å². The number of pyridine rings is 1. The molecular formula is C14H13NO. The highest BCUT2D eigenvalue weighted by Crippen LogP contribution is 2.20. The van der Waals surface area contributed by atoms with Crippen LogP contribution in [0.3, 0.4) is 0 Å².